The number of hydrogen-bond donors (Lipinski definition) is 3. The van der Waals surface area contributed by atoms with Gasteiger partial charge >= 0.3 is 39.5 Å². The summed E-state index contributed by atoms with van der Waals surface area (Å²) in [5.41, 5.74) is 0. The summed E-state index contributed by atoms with van der Waals surface area (Å²) in [7, 11) is -9.98. The number of rotatable bonds is 77. The summed E-state index contributed by atoms with van der Waals surface area (Å²) in [6, 6.07) is 0. The normalized spacial score (nSPS) is 14.4. The van der Waals surface area contributed by atoms with Crippen LogP contribution in [-0.4, -0.2) is 96.7 Å². The average Bonchev–Trinajstić information content (AvgIpc) is 0.918. The largest absolute Gasteiger partial charge is 0.472 e. The van der Waals surface area contributed by atoms with Gasteiger partial charge < -0.3 is 33.8 Å². The van der Waals surface area contributed by atoms with Crippen molar-refractivity contribution in [1.82, 2.24) is 0 Å². The first-order chi connectivity index (χ1) is 50.7. The maximum Gasteiger partial charge on any atom is 0.472 e. The molecule has 0 bridgehead atoms. The first-order valence-corrected chi connectivity index (χ1v) is 44.1. The van der Waals surface area contributed by atoms with Gasteiger partial charge in [-0.1, -0.05) is 285 Å². The molecule has 0 aliphatic heterocycles. The number of unbranched alkanes of at least 4 members (excludes halogenated alkanes) is 33. The number of esters is 4. The summed E-state index contributed by atoms with van der Waals surface area (Å²) >= 11 is 0. The summed E-state index contributed by atoms with van der Waals surface area (Å²) < 4.78 is 68.6. The Bertz CT molecular complexity index is 2390. The molecule has 0 amide bonds. The number of aliphatic hydroxyl groups is 1. The molecule has 0 aromatic carbocycles. The highest BCUT2D eigenvalue weighted by Crippen LogP contribution is 2.45. The topological polar surface area (TPSA) is 237 Å². The first-order valence-electron chi connectivity index (χ1n) is 41.1. The molecule has 104 heavy (non-hydrogen) atoms. The van der Waals surface area contributed by atoms with Crippen LogP contribution in [0.4, 0.5) is 0 Å². The van der Waals surface area contributed by atoms with Crippen LogP contribution in [0.3, 0.4) is 0 Å². The van der Waals surface area contributed by atoms with E-state index in [2.05, 4.69) is 125 Å². The molecule has 0 radical (unpaired) electrons. The van der Waals surface area contributed by atoms with Crippen molar-refractivity contribution in [2.24, 2.45) is 0 Å². The van der Waals surface area contributed by atoms with E-state index in [9.17, 15) is 43.2 Å². The molecule has 0 saturated heterocycles. The molecule has 0 fully saturated rings. The maximum atomic E-state index is 13.1. The molecule has 0 aliphatic carbocycles. The zero-order chi connectivity index (χ0) is 76.0. The van der Waals surface area contributed by atoms with Crippen LogP contribution in [0.1, 0.15) is 349 Å². The maximum absolute atomic E-state index is 13.1. The SMILES string of the molecule is CCCCC/C=C\C/C=C\C/C=C\C/C=C\C/C=C\CCC(=O)OC[C@H](COP(=O)(O)OC[C@@H](O)COP(=O)(O)OC[C@@H](COC(=O)CCCCCCCCC/C=C\CCCCCC)OC(=O)CCCCCCC/C=C\C/C=C\CCCCC)OC(=O)CCCCCCC/C=C\CCCCCCCC. The molecule has 600 valence electrons. The Morgan fingerprint density at radius 1 is 0.269 bits per heavy atom. The fraction of sp³-hybridized carbons (Fsp3) is 0.741. The van der Waals surface area contributed by atoms with Gasteiger partial charge in [-0.3, -0.25) is 37.3 Å². The van der Waals surface area contributed by atoms with E-state index in [1.54, 1.807) is 0 Å². The smallest absolute Gasteiger partial charge is 0.462 e. The van der Waals surface area contributed by atoms with Gasteiger partial charge in [0.2, 0.25) is 0 Å². The van der Waals surface area contributed by atoms with Gasteiger partial charge in [-0.25, -0.2) is 9.13 Å². The van der Waals surface area contributed by atoms with Gasteiger partial charge in [0.1, 0.15) is 19.3 Å². The number of carbonyl (C=O) groups excluding carboxylic acids is 4. The van der Waals surface area contributed by atoms with Crippen LogP contribution < -0.4 is 0 Å². The first kappa shape index (κ1) is 99.7. The van der Waals surface area contributed by atoms with E-state index in [1.165, 1.54) is 116 Å². The van der Waals surface area contributed by atoms with Crippen molar-refractivity contribution in [2.75, 3.05) is 39.6 Å². The molecule has 5 atom stereocenters. The minimum Gasteiger partial charge on any atom is -0.462 e. The van der Waals surface area contributed by atoms with Crippen LogP contribution in [0.25, 0.3) is 0 Å². The van der Waals surface area contributed by atoms with E-state index in [4.69, 9.17) is 37.0 Å². The highest BCUT2D eigenvalue weighted by molar-refractivity contribution is 7.47. The zero-order valence-corrected chi connectivity index (χ0v) is 67.5. The molecule has 0 saturated carbocycles. The Hall–Kier alpha value is -4.28. The van der Waals surface area contributed by atoms with Crippen LogP contribution in [0.2, 0.25) is 0 Å². The molecule has 2 unspecified atom stereocenters. The molecular formula is C85H148O17P2. The third-order valence-corrected chi connectivity index (χ3v) is 19.1. The lowest BCUT2D eigenvalue weighted by Gasteiger charge is -2.21. The minimum absolute atomic E-state index is 0.0358. The number of ether oxygens (including phenoxy) is 4. The quantitative estimate of drug-likeness (QED) is 0.0169. The second kappa shape index (κ2) is 76.9. The molecule has 0 aromatic rings. The van der Waals surface area contributed by atoms with Crippen molar-refractivity contribution in [1.29, 1.82) is 0 Å². The summed E-state index contributed by atoms with van der Waals surface area (Å²) in [6.07, 6.45) is 83.6. The van der Waals surface area contributed by atoms with Gasteiger partial charge in [0.05, 0.1) is 26.4 Å². The van der Waals surface area contributed by atoms with Crippen LogP contribution in [-0.2, 0) is 65.4 Å². The molecule has 0 heterocycles. The number of phosphoric ester groups is 2. The molecule has 3 N–H and O–H groups in total. The summed E-state index contributed by atoms with van der Waals surface area (Å²) in [4.78, 5) is 73.0. The summed E-state index contributed by atoms with van der Waals surface area (Å²) in [6.45, 7) is 4.73. The van der Waals surface area contributed by atoms with Crippen LogP contribution in [0.5, 0.6) is 0 Å². The molecular weight excluding hydrogens is 1350 g/mol. The van der Waals surface area contributed by atoms with Crippen molar-refractivity contribution in [2.45, 2.75) is 367 Å². The highest BCUT2D eigenvalue weighted by atomic mass is 31.2. The number of hydrogen-bond acceptors (Lipinski definition) is 15. The van der Waals surface area contributed by atoms with Crippen molar-refractivity contribution in [3.8, 4) is 0 Å². The van der Waals surface area contributed by atoms with E-state index in [0.717, 1.165) is 148 Å². The van der Waals surface area contributed by atoms with Gasteiger partial charge in [0, 0.05) is 25.7 Å². The van der Waals surface area contributed by atoms with Crippen molar-refractivity contribution >= 4 is 39.5 Å². The average molecular weight is 1500 g/mol. The van der Waals surface area contributed by atoms with Crippen LogP contribution in [0.15, 0.2) is 109 Å². The van der Waals surface area contributed by atoms with Crippen LogP contribution in [0, 0.1) is 0 Å². The second-order valence-electron chi connectivity index (χ2n) is 27.3. The van der Waals surface area contributed by atoms with Gasteiger partial charge in [-0.15, -0.1) is 0 Å². The molecule has 0 rings (SSSR count). The van der Waals surface area contributed by atoms with E-state index in [0.29, 0.717) is 32.1 Å². The summed E-state index contributed by atoms with van der Waals surface area (Å²) in [5.74, 6) is -2.29. The highest BCUT2D eigenvalue weighted by Gasteiger charge is 2.30. The third kappa shape index (κ3) is 75.9. The van der Waals surface area contributed by atoms with E-state index in [1.807, 2.05) is 12.2 Å². The lowest BCUT2D eigenvalue weighted by molar-refractivity contribution is -0.161. The Morgan fingerprint density at radius 2 is 0.490 bits per heavy atom. The monoisotopic (exact) mass is 1500 g/mol. The number of allylic oxidation sites excluding steroid dienone is 18. The Kier molecular flexibility index (Phi) is 73.7. The van der Waals surface area contributed by atoms with Gasteiger partial charge in [0.15, 0.2) is 12.2 Å². The predicted molar refractivity (Wildman–Crippen MR) is 427 cm³/mol. The van der Waals surface area contributed by atoms with Crippen molar-refractivity contribution in [3.05, 3.63) is 109 Å². The minimum atomic E-state index is -5.00. The zero-order valence-electron chi connectivity index (χ0n) is 65.7. The Morgan fingerprint density at radius 3 is 0.817 bits per heavy atom. The standard InChI is InChI=1S/C85H148O17P2/c1-5-9-13-17-21-25-29-33-37-38-39-40-44-46-50-54-58-62-66-70-83(88)96-76-81(102-85(90)72-68-64-60-56-52-48-43-36-32-28-24-20-16-12-8-4)78-100-104(93,94)98-74-79(86)73-97-103(91,92)99-77-80(101-84(89)71-67-63-59-55-51-47-42-35-31-27-23-19-15-11-7-3)75-95-82(87)69-65-61-57-53-49-45-41-34-30-26-22-18-14-10-6-2/h21,23,25-27,30,33,35-37,39-40,42-43,46,50,58,62,79-81,86H,5-20,22,24,28-29,31-32,34,38,41,44-45,47-49,51-57,59-61,63-78H2,1-4H3,(H,91,92)(H,93,94)/b25-21-,27-23-,30-26-,37-33-,40-39-,42-35-,43-36-,50-46-,62-58-/t79-,80+,81+/m0/s1. The third-order valence-electron chi connectivity index (χ3n) is 17.2. The lowest BCUT2D eigenvalue weighted by Crippen LogP contribution is -2.30. The van der Waals surface area contributed by atoms with Crippen LogP contribution >= 0.6 is 15.6 Å². The Balaban J connectivity index is 5.43. The lowest BCUT2D eigenvalue weighted by atomic mass is 10.1. The van der Waals surface area contributed by atoms with Crippen molar-refractivity contribution in [3.63, 3.8) is 0 Å². The fourth-order valence-corrected chi connectivity index (χ4v) is 12.4. The predicted octanol–water partition coefficient (Wildman–Crippen LogP) is 24.1. The second-order valence-corrected chi connectivity index (χ2v) is 30.3. The molecule has 0 aliphatic rings. The van der Waals surface area contributed by atoms with E-state index < -0.39 is 97.5 Å². The molecule has 0 spiro atoms. The van der Waals surface area contributed by atoms with E-state index >= 15 is 0 Å². The number of phosphoric acid groups is 2. The molecule has 0 aromatic heterocycles. The van der Waals surface area contributed by atoms with Gasteiger partial charge in [-0.2, -0.15) is 0 Å². The van der Waals surface area contributed by atoms with Gasteiger partial charge in [0.25, 0.3) is 0 Å². The van der Waals surface area contributed by atoms with Gasteiger partial charge in [-0.05, 0) is 148 Å². The van der Waals surface area contributed by atoms with E-state index in [-0.39, 0.29) is 25.7 Å². The summed E-state index contributed by atoms with van der Waals surface area (Å²) in [5, 5.41) is 10.6. The molecule has 19 heteroatoms. The van der Waals surface area contributed by atoms with Crippen molar-refractivity contribution < 1.29 is 80.2 Å². The number of carbonyl (C=O) groups is 4. The number of aliphatic hydroxyl groups excluding tert-OH is 1. The Labute approximate surface area is 632 Å². The molecule has 17 nitrogen and oxygen atoms in total. The fourth-order valence-electron chi connectivity index (χ4n) is 10.9.